The number of carbonyl (C=O) groups is 2. The molecule has 2 aliphatic rings. The molecule has 0 spiro atoms. The number of likely N-dealkylation sites (tertiary alicyclic amines) is 1. The van der Waals surface area contributed by atoms with Gasteiger partial charge < -0.3 is 5.32 Å². The maximum absolute atomic E-state index is 12.2. The molecule has 1 aliphatic carbocycles. The van der Waals surface area contributed by atoms with Crippen LogP contribution in [0.5, 0.6) is 0 Å². The second-order valence-electron chi connectivity index (χ2n) is 7.21. The number of rotatable bonds is 6. The second kappa shape index (κ2) is 9.34. The Bertz CT molecular complexity index is 555. The van der Waals surface area contributed by atoms with E-state index in [1.165, 1.54) is 49.8 Å². The molecule has 3 rings (SSSR count). The zero-order valence-corrected chi connectivity index (χ0v) is 15.7. The number of amides is 3. The summed E-state index contributed by atoms with van der Waals surface area (Å²) < 4.78 is 0. The van der Waals surface area contributed by atoms with Gasteiger partial charge in [-0.15, -0.1) is 11.3 Å². The largest absolute Gasteiger partial charge is 0.337 e. The second-order valence-corrected chi connectivity index (χ2v) is 8.24. The van der Waals surface area contributed by atoms with E-state index in [1.54, 1.807) is 11.3 Å². The van der Waals surface area contributed by atoms with Crippen LogP contribution in [0.1, 0.15) is 49.8 Å². The lowest BCUT2D eigenvalue weighted by molar-refractivity contribution is -0.121. The quantitative estimate of drug-likeness (QED) is 0.816. The SMILES string of the molecule is O=C(CN1CCCC1C1CCCCC1)NC(=O)NCCc1cccs1. The molecule has 3 amide bonds. The molecule has 2 N–H and O–H groups in total. The number of carbonyl (C=O) groups excluding carboxylic acids is 2. The topological polar surface area (TPSA) is 61.4 Å². The summed E-state index contributed by atoms with van der Waals surface area (Å²) in [6.45, 7) is 1.88. The van der Waals surface area contributed by atoms with E-state index in [-0.39, 0.29) is 11.9 Å². The molecule has 138 valence electrons. The van der Waals surface area contributed by atoms with Crippen LogP contribution in [-0.2, 0) is 11.2 Å². The maximum Gasteiger partial charge on any atom is 0.321 e. The van der Waals surface area contributed by atoms with Gasteiger partial charge in [-0.25, -0.2) is 4.79 Å². The molecule has 0 radical (unpaired) electrons. The van der Waals surface area contributed by atoms with E-state index >= 15 is 0 Å². The van der Waals surface area contributed by atoms with Crippen LogP contribution in [0.15, 0.2) is 17.5 Å². The minimum Gasteiger partial charge on any atom is -0.337 e. The lowest BCUT2D eigenvalue weighted by Crippen LogP contribution is -2.47. The fourth-order valence-electron chi connectivity index (χ4n) is 4.25. The minimum atomic E-state index is -0.380. The van der Waals surface area contributed by atoms with E-state index < -0.39 is 0 Å². The molecule has 6 heteroatoms. The molecule has 1 saturated carbocycles. The van der Waals surface area contributed by atoms with Crippen molar-refractivity contribution in [1.82, 2.24) is 15.5 Å². The van der Waals surface area contributed by atoms with Gasteiger partial charge in [-0.2, -0.15) is 0 Å². The van der Waals surface area contributed by atoms with E-state index in [9.17, 15) is 9.59 Å². The number of nitrogens with zero attached hydrogens (tertiary/aromatic N) is 1. The van der Waals surface area contributed by atoms with Crippen LogP contribution >= 0.6 is 11.3 Å². The molecule has 2 heterocycles. The van der Waals surface area contributed by atoms with Crippen LogP contribution in [0.4, 0.5) is 4.79 Å². The molecule has 0 bridgehead atoms. The average molecular weight is 364 g/mol. The van der Waals surface area contributed by atoms with Gasteiger partial charge in [0.15, 0.2) is 0 Å². The predicted octanol–water partition coefficient (Wildman–Crippen LogP) is 3.16. The van der Waals surface area contributed by atoms with Crippen LogP contribution < -0.4 is 10.6 Å². The molecular formula is C19H29N3O2S. The number of urea groups is 1. The summed E-state index contributed by atoms with van der Waals surface area (Å²) in [4.78, 5) is 27.6. The summed E-state index contributed by atoms with van der Waals surface area (Å²) in [5.74, 6) is 0.556. The lowest BCUT2D eigenvalue weighted by atomic mass is 9.83. The third-order valence-electron chi connectivity index (χ3n) is 5.44. The van der Waals surface area contributed by atoms with Gasteiger partial charge in [0.25, 0.3) is 0 Å². The van der Waals surface area contributed by atoms with Crippen molar-refractivity contribution in [2.24, 2.45) is 5.92 Å². The highest BCUT2D eigenvalue weighted by molar-refractivity contribution is 7.09. The highest BCUT2D eigenvalue weighted by Crippen LogP contribution is 2.33. The van der Waals surface area contributed by atoms with Gasteiger partial charge in [0.1, 0.15) is 0 Å². The van der Waals surface area contributed by atoms with Gasteiger partial charge in [-0.1, -0.05) is 25.3 Å². The van der Waals surface area contributed by atoms with Crippen LogP contribution in [-0.4, -0.2) is 42.5 Å². The first-order valence-electron chi connectivity index (χ1n) is 9.56. The smallest absolute Gasteiger partial charge is 0.321 e. The first kappa shape index (κ1) is 18.4. The molecule has 1 aliphatic heterocycles. The summed E-state index contributed by atoms with van der Waals surface area (Å²) in [7, 11) is 0. The molecule has 1 aromatic heterocycles. The standard InChI is InChI=1S/C19H29N3O2S/c23-18(21-19(24)20-11-10-16-8-5-13-25-16)14-22-12-4-9-17(22)15-6-2-1-3-7-15/h5,8,13,15,17H,1-4,6-7,9-12,14H2,(H2,20,21,23,24). The zero-order chi connectivity index (χ0) is 17.5. The summed E-state index contributed by atoms with van der Waals surface area (Å²) in [5, 5.41) is 7.28. The summed E-state index contributed by atoms with van der Waals surface area (Å²) in [6.07, 6.45) is 9.77. The van der Waals surface area contributed by atoms with E-state index in [2.05, 4.69) is 15.5 Å². The Hall–Kier alpha value is -1.40. The van der Waals surface area contributed by atoms with Crippen LogP contribution in [0.3, 0.4) is 0 Å². The highest BCUT2D eigenvalue weighted by atomic mass is 32.1. The minimum absolute atomic E-state index is 0.184. The summed E-state index contributed by atoms with van der Waals surface area (Å²) in [5.41, 5.74) is 0. The van der Waals surface area contributed by atoms with E-state index in [0.717, 1.165) is 18.9 Å². The molecule has 1 unspecified atom stereocenters. The first-order chi connectivity index (χ1) is 12.2. The number of nitrogens with one attached hydrogen (secondary N) is 2. The van der Waals surface area contributed by atoms with E-state index in [4.69, 9.17) is 0 Å². The lowest BCUT2D eigenvalue weighted by Gasteiger charge is -2.33. The Labute approximate surface area is 154 Å². The van der Waals surface area contributed by atoms with Crippen molar-refractivity contribution in [3.05, 3.63) is 22.4 Å². The van der Waals surface area contributed by atoms with Crippen molar-refractivity contribution in [2.45, 2.75) is 57.4 Å². The van der Waals surface area contributed by atoms with Crippen molar-refractivity contribution >= 4 is 23.3 Å². The Kier molecular flexibility index (Phi) is 6.87. The normalized spacial score (nSPS) is 22.0. The molecule has 1 atom stereocenters. The van der Waals surface area contributed by atoms with Gasteiger partial charge >= 0.3 is 6.03 Å². The van der Waals surface area contributed by atoms with Gasteiger partial charge in [0.2, 0.25) is 5.91 Å². The zero-order valence-electron chi connectivity index (χ0n) is 14.8. The highest BCUT2D eigenvalue weighted by Gasteiger charge is 2.33. The van der Waals surface area contributed by atoms with Crippen LogP contribution in [0.2, 0.25) is 0 Å². The average Bonchev–Trinajstić information content (AvgIpc) is 3.27. The Morgan fingerprint density at radius 3 is 2.76 bits per heavy atom. The van der Waals surface area contributed by atoms with Gasteiger partial charge in [-0.05, 0) is 56.0 Å². The molecule has 1 saturated heterocycles. The van der Waals surface area contributed by atoms with Gasteiger partial charge in [0.05, 0.1) is 6.54 Å². The fraction of sp³-hybridized carbons (Fsp3) is 0.684. The third-order valence-corrected chi connectivity index (χ3v) is 6.38. The van der Waals surface area contributed by atoms with Crippen molar-refractivity contribution < 1.29 is 9.59 Å². The van der Waals surface area contributed by atoms with Crippen molar-refractivity contribution in [2.75, 3.05) is 19.6 Å². The summed E-state index contributed by atoms with van der Waals surface area (Å²) >= 11 is 1.68. The predicted molar refractivity (Wildman–Crippen MR) is 101 cm³/mol. The molecule has 25 heavy (non-hydrogen) atoms. The molecular weight excluding hydrogens is 334 g/mol. The van der Waals surface area contributed by atoms with E-state index in [0.29, 0.717) is 19.1 Å². The van der Waals surface area contributed by atoms with E-state index in [1.807, 2.05) is 17.5 Å². The van der Waals surface area contributed by atoms with Gasteiger partial charge in [0, 0.05) is 17.5 Å². The number of hydrogen-bond acceptors (Lipinski definition) is 4. The van der Waals surface area contributed by atoms with Crippen LogP contribution in [0.25, 0.3) is 0 Å². The Morgan fingerprint density at radius 2 is 2.00 bits per heavy atom. The maximum atomic E-state index is 12.2. The fourth-order valence-corrected chi connectivity index (χ4v) is 4.96. The number of imide groups is 1. The molecule has 5 nitrogen and oxygen atoms in total. The Balaban J connectivity index is 1.38. The third kappa shape index (κ3) is 5.54. The van der Waals surface area contributed by atoms with Crippen molar-refractivity contribution in [1.29, 1.82) is 0 Å². The first-order valence-corrected chi connectivity index (χ1v) is 10.4. The summed E-state index contributed by atoms with van der Waals surface area (Å²) in [6, 6.07) is 4.21. The molecule has 2 fully saturated rings. The number of hydrogen-bond donors (Lipinski definition) is 2. The monoisotopic (exact) mass is 363 g/mol. The number of thiophene rings is 1. The molecule has 1 aromatic rings. The van der Waals surface area contributed by atoms with Crippen LogP contribution in [0, 0.1) is 5.92 Å². The molecule has 0 aromatic carbocycles. The Morgan fingerprint density at radius 1 is 1.16 bits per heavy atom. The van der Waals surface area contributed by atoms with Gasteiger partial charge in [-0.3, -0.25) is 15.0 Å². The van der Waals surface area contributed by atoms with Crippen molar-refractivity contribution in [3.8, 4) is 0 Å². The van der Waals surface area contributed by atoms with Crippen molar-refractivity contribution in [3.63, 3.8) is 0 Å².